The molecule has 1 N–H and O–H groups in total. The van der Waals surface area contributed by atoms with Crippen LogP contribution >= 0.6 is 0 Å². The summed E-state index contributed by atoms with van der Waals surface area (Å²) in [6.07, 6.45) is 0. The fourth-order valence-corrected chi connectivity index (χ4v) is 4.97. The molecule has 0 fully saturated rings. The average molecular weight is 475 g/mol. The van der Waals surface area contributed by atoms with E-state index in [0.29, 0.717) is 34.9 Å². The molecular weight excluding hydrogens is 448 g/mol. The minimum absolute atomic E-state index is 0.0394. The minimum atomic E-state index is -3.88. The van der Waals surface area contributed by atoms with Crippen LogP contribution in [0.25, 0.3) is 10.8 Å². The summed E-state index contributed by atoms with van der Waals surface area (Å²) in [6, 6.07) is 24.8. The maximum Gasteiger partial charge on any atom is 0.264 e. The fourth-order valence-electron chi connectivity index (χ4n) is 3.75. The second kappa shape index (κ2) is 9.57. The molecule has 6 nitrogen and oxygen atoms in total. The molecule has 34 heavy (non-hydrogen) atoms. The second-order valence-electron chi connectivity index (χ2n) is 7.86. The molecule has 0 atom stereocenters. The van der Waals surface area contributed by atoms with E-state index in [1.54, 1.807) is 37.3 Å². The Morgan fingerprint density at radius 1 is 0.941 bits per heavy atom. The summed E-state index contributed by atoms with van der Waals surface area (Å²) in [5, 5.41) is 4.86. The maximum absolute atomic E-state index is 13.3. The Morgan fingerprint density at radius 3 is 2.38 bits per heavy atom. The summed E-state index contributed by atoms with van der Waals surface area (Å²) in [6.45, 7) is 4.20. The molecule has 0 aliphatic carbocycles. The number of anilines is 2. The monoisotopic (exact) mass is 474 g/mol. The number of benzene rings is 4. The average Bonchev–Trinajstić information content (AvgIpc) is 2.84. The molecule has 4 aromatic carbocycles. The lowest BCUT2D eigenvalue weighted by molar-refractivity contribution is 0.102. The Kier molecular flexibility index (Phi) is 6.56. The van der Waals surface area contributed by atoms with Crippen molar-refractivity contribution in [2.45, 2.75) is 18.7 Å². The van der Waals surface area contributed by atoms with Crippen molar-refractivity contribution in [2.75, 3.05) is 23.3 Å². The van der Waals surface area contributed by atoms with Crippen LogP contribution < -0.4 is 14.4 Å². The molecule has 0 aliphatic heterocycles. The summed E-state index contributed by atoms with van der Waals surface area (Å²) in [7, 11) is -2.40. The predicted octanol–water partition coefficient (Wildman–Crippen LogP) is 5.62. The van der Waals surface area contributed by atoms with Crippen LogP contribution in [0.15, 0.2) is 89.8 Å². The number of carbonyl (C=O) groups is 1. The molecule has 7 heteroatoms. The van der Waals surface area contributed by atoms with Crippen LogP contribution in [-0.4, -0.2) is 28.0 Å². The summed E-state index contributed by atoms with van der Waals surface area (Å²) >= 11 is 0. The van der Waals surface area contributed by atoms with Gasteiger partial charge in [0.2, 0.25) is 0 Å². The van der Waals surface area contributed by atoms with Gasteiger partial charge in [-0.25, -0.2) is 8.42 Å². The number of hydrogen-bond donors (Lipinski definition) is 1. The van der Waals surface area contributed by atoms with E-state index in [9.17, 15) is 13.2 Å². The van der Waals surface area contributed by atoms with E-state index in [1.165, 1.54) is 23.5 Å². The van der Waals surface area contributed by atoms with E-state index in [0.717, 1.165) is 10.8 Å². The molecule has 174 valence electrons. The van der Waals surface area contributed by atoms with E-state index in [4.69, 9.17) is 4.74 Å². The molecule has 4 aromatic rings. The van der Waals surface area contributed by atoms with Crippen LogP contribution in [-0.2, 0) is 10.0 Å². The van der Waals surface area contributed by atoms with Crippen LogP contribution in [0.2, 0.25) is 0 Å². The molecule has 0 aliphatic rings. The maximum atomic E-state index is 13.3. The van der Waals surface area contributed by atoms with Gasteiger partial charge in [-0.1, -0.05) is 42.5 Å². The molecule has 0 aromatic heterocycles. The third-order valence-electron chi connectivity index (χ3n) is 5.66. The first-order valence-electron chi connectivity index (χ1n) is 10.9. The largest absolute Gasteiger partial charge is 0.494 e. The van der Waals surface area contributed by atoms with Gasteiger partial charge in [-0.2, -0.15) is 0 Å². The molecule has 0 heterocycles. The van der Waals surface area contributed by atoms with Crippen molar-refractivity contribution in [2.24, 2.45) is 0 Å². The van der Waals surface area contributed by atoms with E-state index in [1.807, 2.05) is 49.4 Å². The zero-order valence-electron chi connectivity index (χ0n) is 19.3. The van der Waals surface area contributed by atoms with Gasteiger partial charge in [0.05, 0.1) is 17.2 Å². The van der Waals surface area contributed by atoms with Crippen molar-refractivity contribution in [3.63, 3.8) is 0 Å². The molecule has 4 rings (SSSR count). The van der Waals surface area contributed by atoms with Gasteiger partial charge in [0.15, 0.2) is 0 Å². The third kappa shape index (κ3) is 4.61. The molecule has 1 amide bonds. The molecule has 0 saturated heterocycles. The van der Waals surface area contributed by atoms with Crippen LogP contribution in [0.1, 0.15) is 22.8 Å². The molecule has 0 spiro atoms. The van der Waals surface area contributed by atoms with Gasteiger partial charge in [0, 0.05) is 23.7 Å². The van der Waals surface area contributed by atoms with Crippen LogP contribution in [0.5, 0.6) is 5.75 Å². The van der Waals surface area contributed by atoms with Crippen molar-refractivity contribution in [3.05, 3.63) is 96.1 Å². The zero-order valence-corrected chi connectivity index (χ0v) is 20.1. The SMILES string of the molecule is CCOc1ccc(N(C)S(=O)(=O)c2ccc(C)c(C(=O)Nc3cccc4ccccc34)c2)cc1. The lowest BCUT2D eigenvalue weighted by Gasteiger charge is -2.20. The lowest BCUT2D eigenvalue weighted by Crippen LogP contribution is -2.27. The number of nitrogens with zero attached hydrogens (tertiary/aromatic N) is 1. The summed E-state index contributed by atoms with van der Waals surface area (Å²) in [5.41, 5.74) is 2.14. The molecule has 0 radical (unpaired) electrons. The van der Waals surface area contributed by atoms with E-state index >= 15 is 0 Å². The third-order valence-corrected chi connectivity index (χ3v) is 7.44. The van der Waals surface area contributed by atoms with Crippen LogP contribution in [0, 0.1) is 6.92 Å². The standard InChI is InChI=1S/C27H26N2O4S/c1-4-33-22-15-13-21(14-16-22)29(3)34(31,32)23-17-12-19(2)25(18-23)27(30)28-26-11-7-9-20-8-5-6-10-24(20)26/h5-18H,4H2,1-3H3,(H,28,30). The first kappa shape index (κ1) is 23.3. The minimum Gasteiger partial charge on any atom is -0.494 e. The molecule has 0 saturated carbocycles. The quantitative estimate of drug-likeness (QED) is 0.377. The zero-order chi connectivity index (χ0) is 24.3. The van der Waals surface area contributed by atoms with Crippen LogP contribution in [0.3, 0.4) is 0 Å². The van der Waals surface area contributed by atoms with Gasteiger partial charge in [0.25, 0.3) is 15.9 Å². The van der Waals surface area contributed by atoms with Gasteiger partial charge in [-0.3, -0.25) is 9.10 Å². The molecular formula is C27H26N2O4S. The number of hydrogen-bond acceptors (Lipinski definition) is 4. The second-order valence-corrected chi connectivity index (χ2v) is 9.83. The van der Waals surface area contributed by atoms with Crippen molar-refractivity contribution in [1.82, 2.24) is 0 Å². The number of sulfonamides is 1. The highest BCUT2D eigenvalue weighted by Crippen LogP contribution is 2.27. The van der Waals surface area contributed by atoms with Gasteiger partial charge < -0.3 is 10.1 Å². The first-order chi connectivity index (χ1) is 16.3. The number of nitrogens with one attached hydrogen (secondary N) is 1. The number of aryl methyl sites for hydroxylation is 1. The summed E-state index contributed by atoms with van der Waals surface area (Å²) < 4.78 is 33.3. The normalized spacial score (nSPS) is 11.3. The molecule has 0 bridgehead atoms. The Morgan fingerprint density at radius 2 is 1.65 bits per heavy atom. The topological polar surface area (TPSA) is 75.7 Å². The highest BCUT2D eigenvalue weighted by molar-refractivity contribution is 7.92. The van der Waals surface area contributed by atoms with E-state index < -0.39 is 10.0 Å². The van der Waals surface area contributed by atoms with Crippen molar-refractivity contribution in [3.8, 4) is 5.75 Å². The van der Waals surface area contributed by atoms with Gasteiger partial charge >= 0.3 is 0 Å². The molecule has 0 unspecified atom stereocenters. The number of fused-ring (bicyclic) bond motifs is 1. The Hall–Kier alpha value is -3.84. The Bertz CT molecular complexity index is 1440. The predicted molar refractivity (Wildman–Crippen MR) is 136 cm³/mol. The van der Waals surface area contributed by atoms with Crippen molar-refractivity contribution < 1.29 is 17.9 Å². The van der Waals surface area contributed by atoms with E-state index in [2.05, 4.69) is 5.32 Å². The first-order valence-corrected chi connectivity index (χ1v) is 12.4. The fraction of sp³-hybridized carbons (Fsp3) is 0.148. The Balaban J connectivity index is 1.63. The summed E-state index contributed by atoms with van der Waals surface area (Å²) in [5.74, 6) is 0.300. The highest BCUT2D eigenvalue weighted by Gasteiger charge is 2.23. The van der Waals surface area contributed by atoms with Gasteiger partial charge in [-0.05, 0) is 67.3 Å². The van der Waals surface area contributed by atoms with Gasteiger partial charge in [-0.15, -0.1) is 0 Å². The number of amides is 1. The van der Waals surface area contributed by atoms with Crippen molar-refractivity contribution >= 4 is 38.1 Å². The number of ether oxygens (including phenoxy) is 1. The van der Waals surface area contributed by atoms with Gasteiger partial charge in [0.1, 0.15) is 5.75 Å². The summed E-state index contributed by atoms with van der Waals surface area (Å²) in [4.78, 5) is 13.2. The number of rotatable bonds is 7. The van der Waals surface area contributed by atoms with Crippen LogP contribution in [0.4, 0.5) is 11.4 Å². The number of carbonyl (C=O) groups excluding carboxylic acids is 1. The highest BCUT2D eigenvalue weighted by atomic mass is 32.2. The lowest BCUT2D eigenvalue weighted by atomic mass is 10.1. The van der Waals surface area contributed by atoms with Crippen molar-refractivity contribution in [1.29, 1.82) is 0 Å². The smallest absolute Gasteiger partial charge is 0.264 e. The van der Waals surface area contributed by atoms with E-state index in [-0.39, 0.29) is 10.8 Å². The Labute approximate surface area is 199 Å².